The number of amides is 1. The third-order valence-corrected chi connectivity index (χ3v) is 3.08. The number of methoxy groups -OCH3 is 1. The van der Waals surface area contributed by atoms with Crippen LogP contribution in [-0.4, -0.2) is 39.3 Å². The van der Waals surface area contributed by atoms with Gasteiger partial charge in [0.05, 0.1) is 6.61 Å². The summed E-state index contributed by atoms with van der Waals surface area (Å²) in [5.74, 6) is -0.0377. The zero-order chi connectivity index (χ0) is 14.2. The molecule has 106 valence electrons. The number of carbonyl (C=O) groups excluding carboxylic acids is 1. The largest absolute Gasteiger partial charge is 0.383 e. The molecule has 4 nitrogen and oxygen atoms in total. The fourth-order valence-electron chi connectivity index (χ4n) is 2.00. The van der Waals surface area contributed by atoms with Gasteiger partial charge in [0.1, 0.15) is 0 Å². The van der Waals surface area contributed by atoms with E-state index in [-0.39, 0.29) is 5.91 Å². The van der Waals surface area contributed by atoms with Crippen LogP contribution in [0.25, 0.3) is 10.8 Å². The molecule has 2 rings (SSSR count). The first-order chi connectivity index (χ1) is 9.81. The normalized spacial score (nSPS) is 10.7. The molecular formula is C16H20N2O2. The van der Waals surface area contributed by atoms with E-state index in [1.807, 2.05) is 42.5 Å². The number of benzene rings is 2. The number of fused-ring (bicyclic) bond motifs is 1. The van der Waals surface area contributed by atoms with Crippen molar-refractivity contribution in [1.29, 1.82) is 0 Å². The summed E-state index contributed by atoms with van der Waals surface area (Å²) >= 11 is 0. The summed E-state index contributed by atoms with van der Waals surface area (Å²) in [6.45, 7) is 2.82. The lowest BCUT2D eigenvalue weighted by molar-refractivity contribution is 0.0954. The Kier molecular flexibility index (Phi) is 5.53. The van der Waals surface area contributed by atoms with Crippen LogP contribution in [-0.2, 0) is 4.74 Å². The van der Waals surface area contributed by atoms with Gasteiger partial charge in [-0.25, -0.2) is 0 Å². The van der Waals surface area contributed by atoms with Gasteiger partial charge in [0.25, 0.3) is 5.91 Å². The lowest BCUT2D eigenvalue weighted by Crippen LogP contribution is -2.33. The van der Waals surface area contributed by atoms with Crippen molar-refractivity contribution in [1.82, 2.24) is 10.6 Å². The van der Waals surface area contributed by atoms with Crippen LogP contribution < -0.4 is 10.6 Å². The summed E-state index contributed by atoms with van der Waals surface area (Å²) in [5.41, 5.74) is 0.695. The first kappa shape index (κ1) is 14.5. The predicted octanol–water partition coefficient (Wildman–Crippen LogP) is 1.81. The molecule has 0 heterocycles. The molecule has 0 bridgehead atoms. The van der Waals surface area contributed by atoms with Crippen molar-refractivity contribution < 1.29 is 9.53 Å². The first-order valence-electron chi connectivity index (χ1n) is 6.78. The molecule has 0 atom stereocenters. The van der Waals surface area contributed by atoms with Gasteiger partial charge in [-0.15, -0.1) is 0 Å². The van der Waals surface area contributed by atoms with Crippen molar-refractivity contribution in [3.63, 3.8) is 0 Å². The van der Waals surface area contributed by atoms with Crippen LogP contribution in [0.3, 0.4) is 0 Å². The Hall–Kier alpha value is -1.91. The number of nitrogens with one attached hydrogen (secondary N) is 2. The van der Waals surface area contributed by atoms with Crippen molar-refractivity contribution in [3.8, 4) is 0 Å². The second kappa shape index (κ2) is 7.62. The van der Waals surface area contributed by atoms with Crippen molar-refractivity contribution >= 4 is 16.7 Å². The lowest BCUT2D eigenvalue weighted by atomic mass is 10.1. The average Bonchev–Trinajstić information content (AvgIpc) is 2.50. The van der Waals surface area contributed by atoms with E-state index >= 15 is 0 Å². The standard InChI is InChI=1S/C16H20N2O2/c1-20-11-10-17-8-9-18-16(19)15-7-6-13-4-2-3-5-14(13)12-15/h2-7,12,17H,8-11H2,1H3,(H,18,19). The van der Waals surface area contributed by atoms with Gasteiger partial charge in [0.15, 0.2) is 0 Å². The molecule has 0 spiro atoms. The number of hydrogen-bond donors (Lipinski definition) is 2. The minimum Gasteiger partial charge on any atom is -0.383 e. The Balaban J connectivity index is 1.84. The summed E-state index contributed by atoms with van der Waals surface area (Å²) in [6, 6.07) is 13.8. The average molecular weight is 272 g/mol. The number of ether oxygens (including phenoxy) is 1. The molecule has 2 aromatic carbocycles. The van der Waals surface area contributed by atoms with E-state index in [0.717, 1.165) is 23.9 Å². The number of hydrogen-bond acceptors (Lipinski definition) is 3. The van der Waals surface area contributed by atoms with Crippen LogP contribution in [0.4, 0.5) is 0 Å². The van der Waals surface area contributed by atoms with Crippen molar-refractivity contribution in [2.24, 2.45) is 0 Å². The van der Waals surface area contributed by atoms with E-state index in [1.165, 1.54) is 0 Å². The fourth-order valence-corrected chi connectivity index (χ4v) is 2.00. The summed E-state index contributed by atoms with van der Waals surface area (Å²) in [5, 5.41) is 8.31. The van der Waals surface area contributed by atoms with Gasteiger partial charge in [-0.1, -0.05) is 30.3 Å². The highest BCUT2D eigenvalue weighted by molar-refractivity contribution is 5.98. The van der Waals surface area contributed by atoms with Crippen molar-refractivity contribution in [2.75, 3.05) is 33.4 Å². The van der Waals surface area contributed by atoms with Gasteiger partial charge in [0.2, 0.25) is 0 Å². The lowest BCUT2D eigenvalue weighted by Gasteiger charge is -2.07. The quantitative estimate of drug-likeness (QED) is 0.756. The molecule has 0 saturated carbocycles. The second-order valence-corrected chi connectivity index (χ2v) is 4.56. The van der Waals surface area contributed by atoms with Gasteiger partial charge < -0.3 is 15.4 Å². The topological polar surface area (TPSA) is 50.4 Å². The van der Waals surface area contributed by atoms with Gasteiger partial charge in [-0.3, -0.25) is 4.79 Å². The molecule has 0 saturated heterocycles. The van der Waals surface area contributed by atoms with Crippen LogP contribution in [0.5, 0.6) is 0 Å². The van der Waals surface area contributed by atoms with Crippen molar-refractivity contribution in [3.05, 3.63) is 48.0 Å². The van der Waals surface area contributed by atoms with E-state index in [0.29, 0.717) is 18.7 Å². The zero-order valence-electron chi connectivity index (χ0n) is 11.7. The molecule has 1 amide bonds. The van der Waals surface area contributed by atoms with E-state index in [2.05, 4.69) is 10.6 Å². The highest BCUT2D eigenvalue weighted by atomic mass is 16.5. The second-order valence-electron chi connectivity index (χ2n) is 4.56. The van der Waals surface area contributed by atoms with Crippen LogP contribution in [0.15, 0.2) is 42.5 Å². The van der Waals surface area contributed by atoms with Crippen molar-refractivity contribution in [2.45, 2.75) is 0 Å². The fraction of sp³-hybridized carbons (Fsp3) is 0.312. The molecular weight excluding hydrogens is 252 g/mol. The zero-order valence-corrected chi connectivity index (χ0v) is 11.7. The maximum atomic E-state index is 12.0. The van der Waals surface area contributed by atoms with Gasteiger partial charge in [-0.05, 0) is 22.9 Å². The Morgan fingerprint density at radius 1 is 1.05 bits per heavy atom. The van der Waals surface area contributed by atoms with Crippen LogP contribution in [0.2, 0.25) is 0 Å². The van der Waals surface area contributed by atoms with Gasteiger partial charge >= 0.3 is 0 Å². The van der Waals surface area contributed by atoms with E-state index in [4.69, 9.17) is 4.74 Å². The maximum absolute atomic E-state index is 12.0. The van der Waals surface area contributed by atoms with Crippen LogP contribution in [0.1, 0.15) is 10.4 Å². The maximum Gasteiger partial charge on any atom is 0.251 e. The molecule has 0 aliphatic carbocycles. The third kappa shape index (κ3) is 4.05. The van der Waals surface area contributed by atoms with E-state index in [1.54, 1.807) is 7.11 Å². The summed E-state index contributed by atoms with van der Waals surface area (Å²) in [7, 11) is 1.67. The summed E-state index contributed by atoms with van der Waals surface area (Å²) < 4.78 is 4.93. The van der Waals surface area contributed by atoms with Gasteiger partial charge in [0, 0.05) is 32.3 Å². The molecule has 0 aliphatic heterocycles. The Bertz CT molecular complexity index is 569. The van der Waals surface area contributed by atoms with E-state index in [9.17, 15) is 4.79 Å². The first-order valence-corrected chi connectivity index (χ1v) is 6.78. The number of rotatable bonds is 7. The highest BCUT2D eigenvalue weighted by Crippen LogP contribution is 2.15. The molecule has 0 fully saturated rings. The monoisotopic (exact) mass is 272 g/mol. The highest BCUT2D eigenvalue weighted by Gasteiger charge is 2.05. The Labute approximate surface area is 119 Å². The molecule has 0 aromatic heterocycles. The SMILES string of the molecule is COCCNCCNC(=O)c1ccc2ccccc2c1. The molecule has 0 aliphatic rings. The summed E-state index contributed by atoms with van der Waals surface area (Å²) in [6.07, 6.45) is 0. The molecule has 0 radical (unpaired) electrons. The Morgan fingerprint density at radius 2 is 1.85 bits per heavy atom. The molecule has 2 N–H and O–H groups in total. The Morgan fingerprint density at radius 3 is 2.65 bits per heavy atom. The number of carbonyl (C=O) groups is 1. The smallest absolute Gasteiger partial charge is 0.251 e. The molecule has 20 heavy (non-hydrogen) atoms. The molecule has 2 aromatic rings. The minimum absolute atomic E-state index is 0.0377. The molecule has 4 heteroatoms. The van der Waals surface area contributed by atoms with Crippen LogP contribution >= 0.6 is 0 Å². The molecule has 0 unspecified atom stereocenters. The predicted molar refractivity (Wildman–Crippen MR) is 81.0 cm³/mol. The third-order valence-electron chi connectivity index (χ3n) is 3.08. The minimum atomic E-state index is -0.0377. The summed E-state index contributed by atoms with van der Waals surface area (Å²) in [4.78, 5) is 12.0. The van der Waals surface area contributed by atoms with Gasteiger partial charge in [-0.2, -0.15) is 0 Å². The van der Waals surface area contributed by atoms with E-state index < -0.39 is 0 Å². The van der Waals surface area contributed by atoms with Crippen LogP contribution in [0, 0.1) is 0 Å².